The second kappa shape index (κ2) is 5.27. The molecule has 6 heteroatoms. The molecule has 1 aromatic heterocycles. The number of halogens is 1. The van der Waals surface area contributed by atoms with Gasteiger partial charge in [0.05, 0.1) is 11.8 Å². The molecule has 0 radical (unpaired) electrons. The Balaban J connectivity index is 1.82. The van der Waals surface area contributed by atoms with Crippen molar-refractivity contribution in [1.82, 2.24) is 4.90 Å². The number of nitrogen functional groups attached to an aromatic ring is 1. The van der Waals surface area contributed by atoms with Crippen molar-refractivity contribution in [3.8, 4) is 0 Å². The first kappa shape index (κ1) is 14.3. The minimum Gasteiger partial charge on any atom is -0.397 e. The Hall–Kier alpha value is -1.66. The molecule has 1 aliphatic carbocycles. The van der Waals surface area contributed by atoms with E-state index in [1.165, 1.54) is 23.5 Å². The van der Waals surface area contributed by atoms with Gasteiger partial charge in [-0.05, 0) is 37.0 Å². The number of aliphatic hydroxyl groups is 1. The molecule has 0 atom stereocenters. The van der Waals surface area contributed by atoms with Crippen molar-refractivity contribution < 1.29 is 14.3 Å². The molecule has 1 saturated carbocycles. The van der Waals surface area contributed by atoms with Crippen LogP contribution in [0.3, 0.4) is 0 Å². The van der Waals surface area contributed by atoms with Gasteiger partial charge in [0.15, 0.2) is 0 Å². The number of thiophene rings is 1. The number of nitrogens with two attached hydrogens (primary N) is 1. The number of anilines is 1. The Bertz CT molecular complexity index is 694. The van der Waals surface area contributed by atoms with E-state index >= 15 is 0 Å². The quantitative estimate of drug-likeness (QED) is 0.915. The molecular weight excluding hydrogens is 291 g/mol. The lowest BCUT2D eigenvalue weighted by Gasteiger charge is -2.34. The van der Waals surface area contributed by atoms with Crippen LogP contribution < -0.4 is 5.73 Å². The summed E-state index contributed by atoms with van der Waals surface area (Å²) in [6, 6.07) is 4.37. The van der Waals surface area contributed by atoms with Crippen LogP contribution >= 0.6 is 11.3 Å². The lowest BCUT2D eigenvalue weighted by molar-refractivity contribution is 0.0267. The van der Waals surface area contributed by atoms with Crippen molar-refractivity contribution in [1.29, 1.82) is 0 Å². The lowest BCUT2D eigenvalue weighted by atomic mass is 9.82. The highest BCUT2D eigenvalue weighted by molar-refractivity contribution is 7.21. The Morgan fingerprint density at radius 1 is 1.52 bits per heavy atom. The number of amides is 1. The van der Waals surface area contributed by atoms with E-state index in [0.29, 0.717) is 28.4 Å². The molecule has 21 heavy (non-hydrogen) atoms. The first-order chi connectivity index (χ1) is 9.95. The predicted octanol–water partition coefficient (Wildman–Crippen LogP) is 2.47. The van der Waals surface area contributed by atoms with Crippen molar-refractivity contribution in [3.63, 3.8) is 0 Å². The van der Waals surface area contributed by atoms with Crippen molar-refractivity contribution in [2.45, 2.75) is 18.9 Å². The van der Waals surface area contributed by atoms with E-state index in [0.717, 1.165) is 17.5 Å². The molecular formula is C15H17FN2O2S. The fourth-order valence-electron chi connectivity index (χ4n) is 2.74. The summed E-state index contributed by atoms with van der Waals surface area (Å²) in [5, 5.41) is 9.89. The second-order valence-corrected chi connectivity index (χ2v) is 6.71. The highest BCUT2D eigenvalue weighted by Gasteiger charge is 2.30. The number of carbonyl (C=O) groups excluding carboxylic acids is 1. The van der Waals surface area contributed by atoms with Gasteiger partial charge in [-0.25, -0.2) is 4.39 Å². The molecule has 4 nitrogen and oxygen atoms in total. The SMILES string of the molecule is CN(CC1CC(O)C1)C(=O)c1sc2ccc(F)cc2c1N. The molecule has 0 bridgehead atoms. The van der Waals surface area contributed by atoms with Crippen LogP contribution in [0, 0.1) is 11.7 Å². The Morgan fingerprint density at radius 2 is 2.24 bits per heavy atom. The van der Waals surface area contributed by atoms with Gasteiger partial charge in [0, 0.05) is 23.7 Å². The molecule has 3 N–H and O–H groups in total. The van der Waals surface area contributed by atoms with E-state index in [4.69, 9.17) is 5.73 Å². The molecule has 0 spiro atoms. The third-order valence-electron chi connectivity index (χ3n) is 3.97. The highest BCUT2D eigenvalue weighted by Crippen LogP contribution is 2.35. The first-order valence-corrected chi connectivity index (χ1v) is 7.68. The number of rotatable bonds is 3. The molecule has 2 aromatic rings. The van der Waals surface area contributed by atoms with Gasteiger partial charge in [-0.1, -0.05) is 0 Å². The summed E-state index contributed by atoms with van der Waals surface area (Å²) >= 11 is 1.29. The number of hydrogen-bond donors (Lipinski definition) is 2. The molecule has 3 rings (SSSR count). The van der Waals surface area contributed by atoms with E-state index in [2.05, 4.69) is 0 Å². The van der Waals surface area contributed by atoms with Crippen LogP contribution in [0.4, 0.5) is 10.1 Å². The zero-order chi connectivity index (χ0) is 15.1. The van der Waals surface area contributed by atoms with Crippen LogP contribution in [-0.4, -0.2) is 35.6 Å². The molecule has 0 aliphatic heterocycles. The van der Waals surface area contributed by atoms with Gasteiger partial charge in [-0.15, -0.1) is 11.3 Å². The van der Waals surface area contributed by atoms with E-state index in [-0.39, 0.29) is 17.8 Å². The van der Waals surface area contributed by atoms with E-state index < -0.39 is 0 Å². The van der Waals surface area contributed by atoms with Gasteiger partial charge in [0.1, 0.15) is 10.7 Å². The largest absolute Gasteiger partial charge is 0.397 e. The van der Waals surface area contributed by atoms with E-state index in [1.807, 2.05) is 0 Å². The summed E-state index contributed by atoms with van der Waals surface area (Å²) < 4.78 is 14.1. The molecule has 0 saturated heterocycles. The van der Waals surface area contributed by atoms with Gasteiger partial charge in [0.2, 0.25) is 0 Å². The fourth-order valence-corrected chi connectivity index (χ4v) is 3.84. The molecule has 1 heterocycles. The monoisotopic (exact) mass is 308 g/mol. The van der Waals surface area contributed by atoms with Crippen LogP contribution in [0.25, 0.3) is 10.1 Å². The summed E-state index contributed by atoms with van der Waals surface area (Å²) in [6.45, 7) is 0.609. The summed E-state index contributed by atoms with van der Waals surface area (Å²) in [4.78, 5) is 14.6. The van der Waals surface area contributed by atoms with Crippen molar-refractivity contribution in [3.05, 3.63) is 28.9 Å². The predicted molar refractivity (Wildman–Crippen MR) is 81.9 cm³/mol. The van der Waals surface area contributed by atoms with Gasteiger partial charge in [0.25, 0.3) is 5.91 Å². The van der Waals surface area contributed by atoms with Crippen molar-refractivity contribution >= 4 is 33.0 Å². The normalized spacial score (nSPS) is 21.3. The Morgan fingerprint density at radius 3 is 2.90 bits per heavy atom. The zero-order valence-corrected chi connectivity index (χ0v) is 12.5. The molecule has 0 unspecified atom stereocenters. The van der Waals surface area contributed by atoms with E-state index in [1.54, 1.807) is 18.0 Å². The maximum absolute atomic E-state index is 13.3. The summed E-state index contributed by atoms with van der Waals surface area (Å²) in [5.41, 5.74) is 6.35. The zero-order valence-electron chi connectivity index (χ0n) is 11.7. The smallest absolute Gasteiger partial charge is 0.265 e. The summed E-state index contributed by atoms with van der Waals surface area (Å²) in [5.74, 6) is -0.152. The molecule has 1 aliphatic rings. The number of nitrogens with zero attached hydrogens (tertiary/aromatic N) is 1. The summed E-state index contributed by atoms with van der Waals surface area (Å²) in [6.07, 6.45) is 1.26. The highest BCUT2D eigenvalue weighted by atomic mass is 32.1. The number of benzene rings is 1. The summed E-state index contributed by atoms with van der Waals surface area (Å²) in [7, 11) is 1.73. The Labute approximate surface area is 126 Å². The van der Waals surface area contributed by atoms with Gasteiger partial charge < -0.3 is 15.7 Å². The molecule has 112 valence electrons. The van der Waals surface area contributed by atoms with Crippen LogP contribution in [0.5, 0.6) is 0 Å². The van der Waals surface area contributed by atoms with Crippen LogP contribution in [0.2, 0.25) is 0 Å². The molecule has 1 fully saturated rings. The van der Waals surface area contributed by atoms with Gasteiger partial charge >= 0.3 is 0 Å². The first-order valence-electron chi connectivity index (χ1n) is 6.86. The van der Waals surface area contributed by atoms with Gasteiger partial charge in [-0.3, -0.25) is 4.79 Å². The molecule has 1 aromatic carbocycles. The third-order valence-corrected chi connectivity index (χ3v) is 5.15. The number of hydrogen-bond acceptors (Lipinski definition) is 4. The lowest BCUT2D eigenvalue weighted by Crippen LogP contribution is -2.39. The third kappa shape index (κ3) is 2.61. The minimum atomic E-state index is -0.359. The van der Waals surface area contributed by atoms with E-state index in [9.17, 15) is 14.3 Å². The maximum Gasteiger partial charge on any atom is 0.265 e. The number of carbonyl (C=O) groups is 1. The topological polar surface area (TPSA) is 66.6 Å². The van der Waals surface area contributed by atoms with Gasteiger partial charge in [-0.2, -0.15) is 0 Å². The van der Waals surface area contributed by atoms with Crippen LogP contribution in [0.1, 0.15) is 22.5 Å². The van der Waals surface area contributed by atoms with Crippen molar-refractivity contribution in [2.24, 2.45) is 5.92 Å². The fraction of sp³-hybridized carbons (Fsp3) is 0.400. The molecule has 1 amide bonds. The average molecular weight is 308 g/mol. The number of fused-ring (bicyclic) bond motifs is 1. The second-order valence-electron chi connectivity index (χ2n) is 5.66. The average Bonchev–Trinajstić information content (AvgIpc) is 2.73. The Kier molecular flexibility index (Phi) is 3.59. The van der Waals surface area contributed by atoms with Crippen LogP contribution in [-0.2, 0) is 0 Å². The number of aliphatic hydroxyl groups excluding tert-OH is 1. The maximum atomic E-state index is 13.3. The standard InChI is InChI=1S/C15H17FN2O2S/c1-18(7-8-4-10(19)5-8)15(20)14-13(17)11-6-9(16)2-3-12(11)21-14/h2-3,6,8,10,19H,4-5,7,17H2,1H3. The minimum absolute atomic E-state index is 0.143. The van der Waals surface area contributed by atoms with Crippen molar-refractivity contribution in [2.75, 3.05) is 19.3 Å². The van der Waals surface area contributed by atoms with Crippen LogP contribution in [0.15, 0.2) is 18.2 Å².